The van der Waals surface area contributed by atoms with Crippen molar-refractivity contribution < 1.29 is 4.79 Å². The van der Waals surface area contributed by atoms with Crippen molar-refractivity contribution >= 4 is 21.8 Å². The van der Waals surface area contributed by atoms with Gasteiger partial charge in [0.25, 0.3) is 0 Å². The zero-order valence-corrected chi connectivity index (χ0v) is 11.6. The molecule has 0 aromatic carbocycles. The van der Waals surface area contributed by atoms with Crippen LogP contribution in [-0.4, -0.2) is 16.8 Å². The number of nitrogens with one attached hydrogen (secondary N) is 1. The van der Waals surface area contributed by atoms with Gasteiger partial charge in [0.2, 0.25) is 5.91 Å². The number of amides is 1. The molecule has 0 aromatic heterocycles. The van der Waals surface area contributed by atoms with Crippen molar-refractivity contribution in [3.05, 3.63) is 0 Å². The van der Waals surface area contributed by atoms with Crippen molar-refractivity contribution in [1.29, 1.82) is 0 Å². The Hall–Kier alpha value is -0.0500. The third-order valence-electron chi connectivity index (χ3n) is 3.40. The van der Waals surface area contributed by atoms with Crippen LogP contribution < -0.4 is 5.32 Å². The second-order valence-electron chi connectivity index (χ2n) is 5.24. The van der Waals surface area contributed by atoms with E-state index >= 15 is 0 Å². The zero-order chi connectivity index (χ0) is 11.5. The van der Waals surface area contributed by atoms with Crippen molar-refractivity contribution in [2.75, 3.05) is 5.33 Å². The van der Waals surface area contributed by atoms with Crippen LogP contribution in [-0.2, 0) is 4.79 Å². The molecule has 0 aliphatic heterocycles. The molecular formula is C12H22BrNO. The highest BCUT2D eigenvalue weighted by molar-refractivity contribution is 9.09. The molecule has 88 valence electrons. The molecule has 0 atom stereocenters. The molecule has 1 aliphatic rings. The third kappa shape index (κ3) is 3.47. The second kappa shape index (κ2) is 5.33. The van der Waals surface area contributed by atoms with Crippen LogP contribution in [0.3, 0.4) is 0 Å². The van der Waals surface area contributed by atoms with E-state index < -0.39 is 0 Å². The van der Waals surface area contributed by atoms with Gasteiger partial charge in [0.15, 0.2) is 0 Å². The summed E-state index contributed by atoms with van der Waals surface area (Å²) in [6.45, 7) is 6.19. The topological polar surface area (TPSA) is 29.1 Å². The molecule has 0 spiro atoms. The molecule has 0 radical (unpaired) electrons. The minimum Gasteiger partial charge on any atom is -0.350 e. The van der Waals surface area contributed by atoms with E-state index in [1.165, 1.54) is 12.8 Å². The fourth-order valence-electron chi connectivity index (χ4n) is 2.01. The summed E-state index contributed by atoms with van der Waals surface area (Å²) in [5.41, 5.74) is 0.0217. The molecule has 1 rings (SSSR count). The fourth-order valence-corrected chi connectivity index (χ4v) is 2.71. The molecule has 1 amide bonds. The van der Waals surface area contributed by atoms with Gasteiger partial charge in [-0.15, -0.1) is 0 Å². The molecule has 1 saturated carbocycles. The molecule has 15 heavy (non-hydrogen) atoms. The summed E-state index contributed by atoms with van der Waals surface area (Å²) in [4.78, 5) is 11.7. The Bertz CT molecular complexity index is 220. The Kier molecular flexibility index (Phi) is 4.63. The summed E-state index contributed by atoms with van der Waals surface area (Å²) >= 11 is 3.55. The normalized spacial score (nSPS) is 31.7. The molecule has 1 aliphatic carbocycles. The van der Waals surface area contributed by atoms with Gasteiger partial charge >= 0.3 is 0 Å². The van der Waals surface area contributed by atoms with Gasteiger partial charge < -0.3 is 5.32 Å². The van der Waals surface area contributed by atoms with Gasteiger partial charge in [0.1, 0.15) is 0 Å². The number of hydrogen-bond donors (Lipinski definition) is 1. The van der Waals surface area contributed by atoms with E-state index in [0.29, 0.717) is 0 Å². The fraction of sp³-hybridized carbons (Fsp3) is 0.917. The lowest BCUT2D eigenvalue weighted by Gasteiger charge is -2.39. The predicted molar refractivity (Wildman–Crippen MR) is 67.1 cm³/mol. The van der Waals surface area contributed by atoms with Crippen LogP contribution in [0.4, 0.5) is 0 Å². The molecule has 3 heteroatoms. The number of halogens is 1. The van der Waals surface area contributed by atoms with Gasteiger partial charge in [-0.25, -0.2) is 0 Å². The van der Waals surface area contributed by atoms with E-state index in [9.17, 15) is 4.79 Å². The van der Waals surface area contributed by atoms with Crippen LogP contribution >= 0.6 is 15.9 Å². The summed E-state index contributed by atoms with van der Waals surface area (Å²) in [7, 11) is 0. The molecular weight excluding hydrogens is 254 g/mol. The van der Waals surface area contributed by atoms with E-state index in [-0.39, 0.29) is 17.4 Å². The van der Waals surface area contributed by atoms with Crippen LogP contribution in [0, 0.1) is 11.8 Å². The summed E-state index contributed by atoms with van der Waals surface area (Å²) in [5.74, 6) is 1.08. The van der Waals surface area contributed by atoms with Gasteiger partial charge in [-0.2, -0.15) is 0 Å². The molecule has 0 heterocycles. The highest BCUT2D eigenvalue weighted by atomic mass is 79.9. The number of rotatable bonds is 3. The number of alkyl halides is 1. The highest BCUT2D eigenvalue weighted by Gasteiger charge is 2.34. The molecule has 0 bridgehead atoms. The first kappa shape index (κ1) is 13.0. The maximum absolute atomic E-state index is 11.7. The first-order valence-electron chi connectivity index (χ1n) is 5.87. The van der Waals surface area contributed by atoms with Crippen LogP contribution in [0.1, 0.15) is 46.5 Å². The van der Waals surface area contributed by atoms with Gasteiger partial charge in [0, 0.05) is 16.8 Å². The van der Waals surface area contributed by atoms with Crippen molar-refractivity contribution in [2.24, 2.45) is 11.8 Å². The zero-order valence-electron chi connectivity index (χ0n) is 9.98. The Morgan fingerprint density at radius 3 is 2.40 bits per heavy atom. The number of hydrogen-bond acceptors (Lipinski definition) is 1. The highest BCUT2D eigenvalue weighted by Crippen LogP contribution is 2.33. The first-order valence-corrected chi connectivity index (χ1v) is 6.99. The molecule has 0 unspecified atom stereocenters. The predicted octanol–water partition coefficient (Wildman–Crippen LogP) is 3.10. The largest absolute Gasteiger partial charge is 0.350 e. The molecule has 1 fully saturated rings. The number of carbonyl (C=O) groups excluding carboxylic acids is 1. The molecule has 0 aromatic rings. The Morgan fingerprint density at radius 2 is 2.00 bits per heavy atom. The number of carbonyl (C=O) groups is 1. The maximum Gasteiger partial charge on any atom is 0.223 e. The average Bonchev–Trinajstić information content (AvgIpc) is 2.21. The van der Waals surface area contributed by atoms with Gasteiger partial charge in [0.05, 0.1) is 0 Å². The summed E-state index contributed by atoms with van der Waals surface area (Å²) in [6.07, 6.45) is 4.67. The van der Waals surface area contributed by atoms with Crippen LogP contribution in [0.5, 0.6) is 0 Å². The smallest absolute Gasteiger partial charge is 0.223 e. The quantitative estimate of drug-likeness (QED) is 0.788. The first-order chi connectivity index (χ1) is 6.99. The molecule has 0 saturated heterocycles. The SMILES string of the molecule is CC1CCC(CBr)(NC(=O)C(C)C)CC1. The summed E-state index contributed by atoms with van der Waals surface area (Å²) < 4.78 is 0. The molecule has 2 nitrogen and oxygen atoms in total. The lowest BCUT2D eigenvalue weighted by molar-refractivity contribution is -0.126. The van der Waals surface area contributed by atoms with Crippen LogP contribution in [0.2, 0.25) is 0 Å². The van der Waals surface area contributed by atoms with Crippen LogP contribution in [0.15, 0.2) is 0 Å². The van der Waals surface area contributed by atoms with Gasteiger partial charge in [-0.1, -0.05) is 36.7 Å². The van der Waals surface area contributed by atoms with Crippen molar-refractivity contribution in [3.63, 3.8) is 0 Å². The van der Waals surface area contributed by atoms with Crippen molar-refractivity contribution in [1.82, 2.24) is 5.32 Å². The molecule has 1 N–H and O–H groups in total. The summed E-state index contributed by atoms with van der Waals surface area (Å²) in [6, 6.07) is 0. The standard InChI is InChI=1S/C12H22BrNO/c1-9(2)11(15)14-12(8-13)6-4-10(3)5-7-12/h9-10H,4-8H2,1-3H3,(H,14,15). The summed E-state index contributed by atoms with van der Waals surface area (Å²) in [5, 5.41) is 4.10. The Morgan fingerprint density at radius 1 is 1.47 bits per heavy atom. The third-order valence-corrected chi connectivity index (χ3v) is 4.47. The van der Waals surface area contributed by atoms with Crippen molar-refractivity contribution in [2.45, 2.75) is 52.0 Å². The lowest BCUT2D eigenvalue weighted by Crippen LogP contribution is -2.53. The second-order valence-corrected chi connectivity index (χ2v) is 5.80. The average molecular weight is 276 g/mol. The Balaban J connectivity index is 2.57. The van der Waals surface area contributed by atoms with E-state index in [4.69, 9.17) is 0 Å². The van der Waals surface area contributed by atoms with E-state index in [0.717, 1.165) is 24.1 Å². The minimum absolute atomic E-state index is 0.0217. The van der Waals surface area contributed by atoms with E-state index in [1.54, 1.807) is 0 Å². The van der Waals surface area contributed by atoms with Gasteiger partial charge in [-0.3, -0.25) is 4.79 Å². The lowest BCUT2D eigenvalue weighted by atomic mass is 9.78. The van der Waals surface area contributed by atoms with Crippen LogP contribution in [0.25, 0.3) is 0 Å². The van der Waals surface area contributed by atoms with Gasteiger partial charge in [-0.05, 0) is 31.6 Å². The van der Waals surface area contributed by atoms with E-state index in [1.807, 2.05) is 13.8 Å². The Labute approximate surface area is 101 Å². The minimum atomic E-state index is 0.0217. The van der Waals surface area contributed by atoms with E-state index in [2.05, 4.69) is 28.2 Å². The maximum atomic E-state index is 11.7. The monoisotopic (exact) mass is 275 g/mol. The van der Waals surface area contributed by atoms with Crippen molar-refractivity contribution in [3.8, 4) is 0 Å².